The van der Waals surface area contributed by atoms with Gasteiger partial charge in [-0.25, -0.2) is 0 Å². The second-order valence-electron chi connectivity index (χ2n) is 8.23. The lowest BCUT2D eigenvalue weighted by Crippen LogP contribution is -2.54. The van der Waals surface area contributed by atoms with Crippen LogP contribution in [-0.2, 0) is 4.79 Å². The average molecular weight is 432 g/mol. The number of rotatable bonds is 7. The summed E-state index contributed by atoms with van der Waals surface area (Å²) in [6.45, 7) is 14.7. The van der Waals surface area contributed by atoms with Crippen molar-refractivity contribution in [1.82, 2.24) is 19.6 Å². The third kappa shape index (κ3) is 7.36. The van der Waals surface area contributed by atoms with Gasteiger partial charge in [0.05, 0.1) is 6.04 Å². The van der Waals surface area contributed by atoms with E-state index in [1.165, 1.54) is 11.5 Å². The molecule has 1 atom stereocenters. The molecule has 7 heteroatoms. The Morgan fingerprint density at radius 3 is 2.30 bits per heavy atom. The van der Waals surface area contributed by atoms with E-state index in [9.17, 15) is 4.79 Å². The van der Waals surface area contributed by atoms with Crippen molar-refractivity contribution in [2.24, 2.45) is 5.92 Å². The zero-order chi connectivity index (χ0) is 21.9. The Morgan fingerprint density at radius 2 is 1.73 bits per heavy atom. The van der Waals surface area contributed by atoms with Crippen LogP contribution in [0.15, 0.2) is 30.3 Å². The van der Waals surface area contributed by atoms with Gasteiger partial charge in [-0.2, -0.15) is 9.36 Å². The molecule has 1 N–H and O–H groups in total. The first-order valence-electron chi connectivity index (χ1n) is 11.1. The number of nitrogens with one attached hydrogen (secondary N) is 1. The van der Waals surface area contributed by atoms with Crippen molar-refractivity contribution in [3.8, 4) is 11.4 Å². The maximum Gasteiger partial charge on any atom is 0.239 e. The number of anilines is 1. The SMILES string of the molecule is CC(C)C.CCCNC(CC)C(=O)N1CCN(c2nc(-c3ccccc3)ns2)CC1. The van der Waals surface area contributed by atoms with Crippen molar-refractivity contribution in [3.05, 3.63) is 30.3 Å². The number of hydrogen-bond acceptors (Lipinski definition) is 6. The molecular formula is C23H37N5OS. The van der Waals surface area contributed by atoms with Crippen LogP contribution in [-0.4, -0.2) is 58.9 Å². The second kappa shape index (κ2) is 12.6. The molecule has 0 radical (unpaired) electrons. The van der Waals surface area contributed by atoms with Crippen molar-refractivity contribution in [2.75, 3.05) is 37.6 Å². The summed E-state index contributed by atoms with van der Waals surface area (Å²) in [6, 6.07) is 9.97. The van der Waals surface area contributed by atoms with Gasteiger partial charge in [-0.1, -0.05) is 65.0 Å². The third-order valence-electron chi connectivity index (χ3n) is 4.66. The number of amides is 1. The van der Waals surface area contributed by atoms with Gasteiger partial charge in [-0.15, -0.1) is 0 Å². The molecule has 30 heavy (non-hydrogen) atoms. The van der Waals surface area contributed by atoms with Gasteiger partial charge in [0, 0.05) is 43.3 Å². The molecular weight excluding hydrogens is 394 g/mol. The molecule has 6 nitrogen and oxygen atoms in total. The summed E-state index contributed by atoms with van der Waals surface area (Å²) in [6.07, 6.45) is 1.87. The van der Waals surface area contributed by atoms with Gasteiger partial charge < -0.3 is 15.1 Å². The number of benzene rings is 1. The number of carbonyl (C=O) groups excluding carboxylic acids is 1. The van der Waals surface area contributed by atoms with Crippen LogP contribution < -0.4 is 10.2 Å². The molecule has 1 unspecified atom stereocenters. The number of carbonyl (C=O) groups is 1. The minimum atomic E-state index is -0.0623. The van der Waals surface area contributed by atoms with E-state index in [2.05, 4.69) is 54.2 Å². The summed E-state index contributed by atoms with van der Waals surface area (Å²) in [5, 5.41) is 4.29. The molecule has 1 aliphatic rings. The molecule has 2 aromatic rings. The monoisotopic (exact) mass is 431 g/mol. The summed E-state index contributed by atoms with van der Waals surface area (Å²) < 4.78 is 4.49. The quantitative estimate of drug-likeness (QED) is 0.708. The summed E-state index contributed by atoms with van der Waals surface area (Å²) in [5.74, 6) is 1.83. The van der Waals surface area contributed by atoms with Gasteiger partial charge in [0.25, 0.3) is 0 Å². The summed E-state index contributed by atoms with van der Waals surface area (Å²) >= 11 is 1.43. The first-order valence-corrected chi connectivity index (χ1v) is 11.9. The van der Waals surface area contributed by atoms with Crippen molar-refractivity contribution in [1.29, 1.82) is 0 Å². The average Bonchev–Trinajstić information content (AvgIpc) is 3.25. The normalized spacial score (nSPS) is 15.0. The van der Waals surface area contributed by atoms with Gasteiger partial charge in [-0.3, -0.25) is 4.79 Å². The van der Waals surface area contributed by atoms with E-state index >= 15 is 0 Å². The Labute approximate surface area is 185 Å². The highest BCUT2D eigenvalue weighted by atomic mass is 32.1. The van der Waals surface area contributed by atoms with Crippen LogP contribution >= 0.6 is 11.5 Å². The molecule has 1 aromatic heterocycles. The number of hydrogen-bond donors (Lipinski definition) is 1. The fourth-order valence-electron chi connectivity index (χ4n) is 3.11. The molecule has 1 fully saturated rings. The van der Waals surface area contributed by atoms with Crippen molar-refractivity contribution in [3.63, 3.8) is 0 Å². The van der Waals surface area contributed by atoms with Crippen LogP contribution in [0.4, 0.5) is 5.13 Å². The second-order valence-corrected chi connectivity index (χ2v) is 8.96. The number of piperazine rings is 1. The highest BCUT2D eigenvalue weighted by Gasteiger charge is 2.27. The topological polar surface area (TPSA) is 61.4 Å². The molecule has 1 amide bonds. The lowest BCUT2D eigenvalue weighted by atomic mass is 10.1. The number of nitrogens with zero attached hydrogens (tertiary/aromatic N) is 4. The van der Waals surface area contributed by atoms with E-state index in [-0.39, 0.29) is 11.9 Å². The zero-order valence-electron chi connectivity index (χ0n) is 19.1. The fraction of sp³-hybridized carbons (Fsp3) is 0.609. The molecule has 1 aromatic carbocycles. The van der Waals surface area contributed by atoms with E-state index in [1.54, 1.807) is 0 Å². The van der Waals surface area contributed by atoms with Crippen LogP contribution in [0.2, 0.25) is 0 Å². The molecule has 3 rings (SSSR count). The van der Waals surface area contributed by atoms with Crippen LogP contribution in [0.5, 0.6) is 0 Å². The minimum absolute atomic E-state index is 0.0623. The summed E-state index contributed by atoms with van der Waals surface area (Å²) in [7, 11) is 0. The predicted molar refractivity (Wildman–Crippen MR) is 127 cm³/mol. The van der Waals surface area contributed by atoms with Gasteiger partial charge in [0.15, 0.2) is 5.82 Å². The Hall–Kier alpha value is -1.99. The lowest BCUT2D eigenvalue weighted by Gasteiger charge is -2.36. The van der Waals surface area contributed by atoms with Crippen molar-refractivity contribution < 1.29 is 4.79 Å². The predicted octanol–water partition coefficient (Wildman–Crippen LogP) is 4.29. The highest BCUT2D eigenvalue weighted by molar-refractivity contribution is 7.09. The third-order valence-corrected chi connectivity index (χ3v) is 5.43. The molecule has 0 bridgehead atoms. The van der Waals surface area contributed by atoms with Crippen LogP contribution in [0.3, 0.4) is 0 Å². The van der Waals surface area contributed by atoms with Crippen molar-refractivity contribution >= 4 is 22.6 Å². The van der Waals surface area contributed by atoms with E-state index in [0.29, 0.717) is 0 Å². The Kier molecular flexibility index (Phi) is 10.2. The smallest absolute Gasteiger partial charge is 0.239 e. The zero-order valence-corrected chi connectivity index (χ0v) is 19.9. The van der Waals surface area contributed by atoms with Gasteiger partial charge >= 0.3 is 0 Å². The molecule has 2 heterocycles. The van der Waals surface area contributed by atoms with E-state index in [1.807, 2.05) is 35.2 Å². The van der Waals surface area contributed by atoms with Crippen LogP contribution in [0, 0.1) is 5.92 Å². The number of aromatic nitrogens is 2. The fourth-order valence-corrected chi connectivity index (χ4v) is 3.85. The molecule has 0 aliphatic carbocycles. The summed E-state index contributed by atoms with van der Waals surface area (Å²) in [5.41, 5.74) is 1.04. The van der Waals surface area contributed by atoms with E-state index in [0.717, 1.165) is 68.0 Å². The maximum atomic E-state index is 12.7. The highest BCUT2D eigenvalue weighted by Crippen LogP contribution is 2.24. The largest absolute Gasteiger partial charge is 0.343 e. The Bertz CT molecular complexity index is 738. The van der Waals surface area contributed by atoms with Crippen LogP contribution in [0.25, 0.3) is 11.4 Å². The molecule has 1 aliphatic heterocycles. The minimum Gasteiger partial charge on any atom is -0.343 e. The Balaban J connectivity index is 0.000000735. The molecule has 0 saturated carbocycles. The maximum absolute atomic E-state index is 12.7. The lowest BCUT2D eigenvalue weighted by molar-refractivity contribution is -0.133. The van der Waals surface area contributed by atoms with Crippen LogP contribution in [0.1, 0.15) is 47.5 Å². The Morgan fingerprint density at radius 1 is 1.10 bits per heavy atom. The van der Waals surface area contributed by atoms with E-state index in [4.69, 9.17) is 0 Å². The molecule has 166 valence electrons. The van der Waals surface area contributed by atoms with Gasteiger partial charge in [-0.05, 0) is 25.3 Å². The van der Waals surface area contributed by atoms with Crippen molar-refractivity contribution in [2.45, 2.75) is 53.5 Å². The standard InChI is InChI=1S/C19H27N5OS.C4H10/c1-3-10-20-16(4-2)18(25)23-11-13-24(14-12-23)19-21-17(22-26-19)15-8-6-5-7-9-15;1-4(2)3/h5-9,16,20H,3-4,10-14H2,1-2H3;4H,1-3H3. The molecule has 0 spiro atoms. The first kappa shape index (κ1) is 24.3. The van der Waals surface area contributed by atoms with Gasteiger partial charge in [0.2, 0.25) is 11.0 Å². The summed E-state index contributed by atoms with van der Waals surface area (Å²) in [4.78, 5) is 21.6. The first-order chi connectivity index (χ1) is 14.5. The van der Waals surface area contributed by atoms with Gasteiger partial charge in [0.1, 0.15) is 0 Å². The molecule has 1 saturated heterocycles. The van der Waals surface area contributed by atoms with E-state index < -0.39 is 0 Å².